The number of hydrogen-bond acceptors (Lipinski definition) is 5. The number of aromatic nitrogens is 5. The summed E-state index contributed by atoms with van der Waals surface area (Å²) >= 11 is 0. The van der Waals surface area contributed by atoms with Crippen molar-refractivity contribution in [2.45, 2.75) is 18.9 Å². The molecular formula is C30H23F3N6O. The Kier molecular flexibility index (Phi) is 5.60. The first-order valence-corrected chi connectivity index (χ1v) is 12.8. The number of alkyl halides is 2. The summed E-state index contributed by atoms with van der Waals surface area (Å²) in [5.41, 5.74) is 6.73. The fourth-order valence-corrected chi connectivity index (χ4v) is 5.47. The lowest BCUT2D eigenvalue weighted by Gasteiger charge is -2.15. The van der Waals surface area contributed by atoms with E-state index >= 15 is 0 Å². The molecule has 0 radical (unpaired) electrons. The predicted octanol–water partition coefficient (Wildman–Crippen LogP) is 6.52. The summed E-state index contributed by atoms with van der Waals surface area (Å²) in [6, 6.07) is 15.6. The zero-order chi connectivity index (χ0) is 27.4. The highest BCUT2D eigenvalue weighted by atomic mass is 19.3. The van der Waals surface area contributed by atoms with Crippen molar-refractivity contribution >= 4 is 21.9 Å². The van der Waals surface area contributed by atoms with Gasteiger partial charge in [0.1, 0.15) is 11.6 Å². The molecule has 1 fully saturated rings. The van der Waals surface area contributed by atoms with Crippen molar-refractivity contribution in [2.24, 2.45) is 0 Å². The number of rotatable bonds is 5. The first-order valence-electron chi connectivity index (χ1n) is 12.8. The molecule has 1 saturated heterocycles. The van der Waals surface area contributed by atoms with Crippen LogP contribution < -0.4 is 0 Å². The van der Waals surface area contributed by atoms with Crippen LogP contribution in [-0.2, 0) is 6.54 Å². The van der Waals surface area contributed by atoms with Crippen molar-refractivity contribution < 1.29 is 18.3 Å². The van der Waals surface area contributed by atoms with Crippen molar-refractivity contribution in [1.82, 2.24) is 30.0 Å². The van der Waals surface area contributed by atoms with Crippen molar-refractivity contribution in [2.75, 3.05) is 13.1 Å². The number of phenols is 1. The fourth-order valence-electron chi connectivity index (χ4n) is 5.47. The van der Waals surface area contributed by atoms with E-state index in [2.05, 4.69) is 25.1 Å². The molecule has 7 rings (SSSR count). The van der Waals surface area contributed by atoms with E-state index in [4.69, 9.17) is 0 Å². The van der Waals surface area contributed by atoms with E-state index in [1.54, 1.807) is 23.5 Å². The average molecular weight is 541 g/mol. The molecule has 200 valence electrons. The Morgan fingerprint density at radius 3 is 2.65 bits per heavy atom. The third kappa shape index (κ3) is 4.46. The highest BCUT2D eigenvalue weighted by molar-refractivity contribution is 6.01. The molecule has 0 atom stereocenters. The molecule has 3 N–H and O–H groups in total. The highest BCUT2D eigenvalue weighted by Crippen LogP contribution is 2.36. The number of aromatic amines is 2. The predicted molar refractivity (Wildman–Crippen MR) is 146 cm³/mol. The van der Waals surface area contributed by atoms with Gasteiger partial charge in [-0.05, 0) is 53.1 Å². The Bertz CT molecular complexity index is 1880. The SMILES string of the molecule is Oc1cc(F)cc(-c2cccc3[nH]c(-c4[nH]nc5ncc(-c6cncc(CN7CCC(F)(F)C7)c6)cc45)cc23)c1. The van der Waals surface area contributed by atoms with Gasteiger partial charge in [-0.2, -0.15) is 5.10 Å². The Morgan fingerprint density at radius 1 is 0.950 bits per heavy atom. The maximum atomic E-state index is 14.0. The van der Waals surface area contributed by atoms with Crippen LogP contribution in [0.25, 0.3) is 55.6 Å². The number of fused-ring (bicyclic) bond motifs is 2. The topological polar surface area (TPSA) is 93.7 Å². The van der Waals surface area contributed by atoms with Crippen LogP contribution in [0.1, 0.15) is 12.0 Å². The van der Waals surface area contributed by atoms with Gasteiger partial charge in [0.05, 0.1) is 17.9 Å². The number of aromatic hydroxyl groups is 1. The Labute approximate surface area is 226 Å². The molecule has 1 aliphatic rings. The van der Waals surface area contributed by atoms with Gasteiger partial charge in [0.25, 0.3) is 5.92 Å². The summed E-state index contributed by atoms with van der Waals surface area (Å²) in [4.78, 5) is 14.0. The summed E-state index contributed by atoms with van der Waals surface area (Å²) in [5, 5.41) is 19.0. The molecule has 5 heterocycles. The quantitative estimate of drug-likeness (QED) is 0.232. The molecular weight excluding hydrogens is 517 g/mol. The lowest BCUT2D eigenvalue weighted by molar-refractivity contribution is 0.0115. The highest BCUT2D eigenvalue weighted by Gasteiger charge is 2.37. The van der Waals surface area contributed by atoms with Crippen LogP contribution in [0, 0.1) is 5.82 Å². The number of likely N-dealkylation sites (tertiary alicyclic amines) is 1. The van der Waals surface area contributed by atoms with E-state index in [0.29, 0.717) is 24.3 Å². The first kappa shape index (κ1) is 24.3. The van der Waals surface area contributed by atoms with Crippen molar-refractivity contribution in [3.63, 3.8) is 0 Å². The molecule has 0 aliphatic carbocycles. The second kappa shape index (κ2) is 9.20. The molecule has 0 unspecified atom stereocenters. The molecule has 2 aromatic carbocycles. The van der Waals surface area contributed by atoms with Gasteiger partial charge in [-0.3, -0.25) is 15.0 Å². The Morgan fingerprint density at radius 2 is 1.82 bits per heavy atom. The second-order valence-corrected chi connectivity index (χ2v) is 10.2. The van der Waals surface area contributed by atoms with Gasteiger partial charge in [0.15, 0.2) is 5.65 Å². The Balaban J connectivity index is 1.25. The minimum Gasteiger partial charge on any atom is -0.508 e. The van der Waals surface area contributed by atoms with Gasteiger partial charge in [-0.1, -0.05) is 12.1 Å². The van der Waals surface area contributed by atoms with Gasteiger partial charge in [0.2, 0.25) is 0 Å². The van der Waals surface area contributed by atoms with E-state index in [1.807, 2.05) is 36.4 Å². The maximum Gasteiger partial charge on any atom is 0.261 e. The molecule has 10 heteroatoms. The summed E-state index contributed by atoms with van der Waals surface area (Å²) < 4.78 is 41.3. The molecule has 40 heavy (non-hydrogen) atoms. The first-order chi connectivity index (χ1) is 19.3. The summed E-state index contributed by atoms with van der Waals surface area (Å²) in [6.45, 7) is 0.523. The van der Waals surface area contributed by atoms with Crippen LogP contribution in [0.5, 0.6) is 5.75 Å². The molecule has 0 amide bonds. The molecule has 4 aromatic heterocycles. The fraction of sp³-hybridized carbons (Fsp3) is 0.167. The standard InChI is InChI=1S/C30H23F3N6O/c31-21-7-18(8-22(40)10-21)23-2-1-3-26-24(23)11-27(36-26)28-25-9-20(14-35-29(25)38-37-28)19-6-17(12-34-13-19)15-39-5-4-30(32,33)16-39/h1-3,6-14,36,40H,4-5,15-16H2,(H,35,37,38). The smallest absolute Gasteiger partial charge is 0.261 e. The average Bonchev–Trinajstić information content (AvgIpc) is 3.63. The summed E-state index contributed by atoms with van der Waals surface area (Å²) in [6.07, 6.45) is 5.03. The van der Waals surface area contributed by atoms with Crippen LogP contribution in [0.3, 0.4) is 0 Å². The molecule has 6 aromatic rings. The monoisotopic (exact) mass is 540 g/mol. The van der Waals surface area contributed by atoms with Gasteiger partial charge in [-0.25, -0.2) is 18.2 Å². The number of pyridine rings is 2. The number of benzene rings is 2. The zero-order valence-electron chi connectivity index (χ0n) is 21.1. The molecule has 0 spiro atoms. The van der Waals surface area contributed by atoms with Crippen molar-refractivity contribution in [3.8, 4) is 39.4 Å². The van der Waals surface area contributed by atoms with Crippen molar-refractivity contribution in [1.29, 1.82) is 0 Å². The van der Waals surface area contributed by atoms with Crippen LogP contribution in [-0.4, -0.2) is 54.2 Å². The van der Waals surface area contributed by atoms with Crippen LogP contribution in [0.4, 0.5) is 13.2 Å². The Hall–Kier alpha value is -4.70. The van der Waals surface area contributed by atoms with Crippen LogP contribution in [0.2, 0.25) is 0 Å². The molecule has 0 saturated carbocycles. The molecule has 0 bridgehead atoms. The van der Waals surface area contributed by atoms with Gasteiger partial charge in [-0.15, -0.1) is 0 Å². The van der Waals surface area contributed by atoms with E-state index in [-0.39, 0.29) is 18.7 Å². The van der Waals surface area contributed by atoms with Crippen LogP contribution in [0.15, 0.2) is 73.2 Å². The zero-order valence-corrected chi connectivity index (χ0v) is 21.1. The molecule has 7 nitrogen and oxygen atoms in total. The summed E-state index contributed by atoms with van der Waals surface area (Å²) in [7, 11) is 0. The van der Waals surface area contributed by atoms with Gasteiger partial charge >= 0.3 is 0 Å². The third-order valence-corrected chi connectivity index (χ3v) is 7.32. The largest absolute Gasteiger partial charge is 0.508 e. The van der Waals surface area contributed by atoms with Gasteiger partial charge < -0.3 is 10.1 Å². The lowest BCUT2D eigenvalue weighted by Crippen LogP contribution is -2.24. The summed E-state index contributed by atoms with van der Waals surface area (Å²) in [5.74, 6) is -3.30. The lowest BCUT2D eigenvalue weighted by atomic mass is 10.0. The van der Waals surface area contributed by atoms with Gasteiger partial charge in [0, 0.05) is 71.6 Å². The number of nitrogens with zero attached hydrogens (tertiary/aromatic N) is 4. The minimum absolute atomic E-state index is 0.121. The number of H-pyrrole nitrogens is 2. The maximum absolute atomic E-state index is 14.0. The van der Waals surface area contributed by atoms with E-state index in [9.17, 15) is 18.3 Å². The number of phenolic OH excluding ortho intramolecular Hbond substituents is 1. The third-order valence-electron chi connectivity index (χ3n) is 7.32. The second-order valence-electron chi connectivity index (χ2n) is 10.2. The van der Waals surface area contributed by atoms with E-state index in [1.165, 1.54) is 12.1 Å². The number of halogens is 3. The van der Waals surface area contributed by atoms with Crippen molar-refractivity contribution in [3.05, 3.63) is 84.6 Å². The molecule has 1 aliphatic heterocycles. The number of hydrogen-bond donors (Lipinski definition) is 3. The van der Waals surface area contributed by atoms with E-state index in [0.717, 1.165) is 56.0 Å². The normalized spacial score (nSPS) is 15.4. The van der Waals surface area contributed by atoms with E-state index < -0.39 is 11.7 Å². The van der Waals surface area contributed by atoms with Crippen LogP contribution >= 0.6 is 0 Å². The minimum atomic E-state index is -2.64. The number of nitrogens with one attached hydrogen (secondary N) is 2.